The molecular weight excluding hydrogens is 430 g/mol. The van der Waals surface area contributed by atoms with Crippen molar-refractivity contribution < 1.29 is 28.7 Å². The third kappa shape index (κ3) is 7.55. The molecule has 3 aromatic rings. The minimum atomic E-state index is -0.597. The number of nitro groups is 1. The average Bonchev–Trinajstić information content (AvgIpc) is 2.85. The molecule has 0 aliphatic heterocycles. The van der Waals surface area contributed by atoms with Gasteiger partial charge in [0.15, 0.2) is 6.61 Å². The number of non-ortho nitro benzene ring substituents is 1. The number of nitro benzene ring substituents is 1. The molecule has 33 heavy (non-hydrogen) atoms. The van der Waals surface area contributed by atoms with Crippen molar-refractivity contribution in [2.45, 2.75) is 0 Å². The number of carbonyl (C=O) groups is 2. The number of hydrogen-bond donors (Lipinski definition) is 2. The van der Waals surface area contributed by atoms with E-state index in [1.54, 1.807) is 24.3 Å². The van der Waals surface area contributed by atoms with Gasteiger partial charge >= 0.3 is 0 Å². The van der Waals surface area contributed by atoms with E-state index in [9.17, 15) is 19.7 Å². The first kappa shape index (κ1) is 23.1. The van der Waals surface area contributed by atoms with Gasteiger partial charge in [-0.2, -0.15) is 0 Å². The molecule has 0 unspecified atom stereocenters. The molecule has 0 saturated heterocycles. The lowest BCUT2D eigenvalue weighted by atomic mass is 10.2. The number of ether oxygens (including phenoxy) is 3. The van der Waals surface area contributed by atoms with E-state index in [4.69, 9.17) is 14.2 Å². The Labute approximate surface area is 189 Å². The molecule has 0 aliphatic carbocycles. The summed E-state index contributed by atoms with van der Waals surface area (Å²) in [6, 6.07) is 21.0. The molecule has 3 rings (SSSR count). The predicted octanol–water partition coefficient (Wildman–Crippen LogP) is 2.89. The van der Waals surface area contributed by atoms with E-state index < -0.39 is 16.7 Å². The summed E-state index contributed by atoms with van der Waals surface area (Å²) in [4.78, 5) is 34.1. The van der Waals surface area contributed by atoms with E-state index in [2.05, 4.69) is 10.9 Å². The summed E-state index contributed by atoms with van der Waals surface area (Å²) < 4.78 is 16.3. The molecular formula is C23H21N3O7. The number of hydrogen-bond acceptors (Lipinski definition) is 7. The summed E-state index contributed by atoms with van der Waals surface area (Å²) in [7, 11) is 0. The van der Waals surface area contributed by atoms with Crippen LogP contribution in [-0.2, 0) is 4.79 Å². The lowest BCUT2D eigenvalue weighted by molar-refractivity contribution is -0.384. The van der Waals surface area contributed by atoms with E-state index >= 15 is 0 Å². The fourth-order valence-corrected chi connectivity index (χ4v) is 2.59. The monoisotopic (exact) mass is 451 g/mol. The molecule has 0 bridgehead atoms. The first-order valence-corrected chi connectivity index (χ1v) is 9.88. The maximum absolute atomic E-state index is 12.2. The third-order valence-corrected chi connectivity index (χ3v) is 4.21. The van der Waals surface area contributed by atoms with Gasteiger partial charge in [-0.25, -0.2) is 0 Å². The molecule has 0 aromatic heterocycles. The maximum Gasteiger partial charge on any atom is 0.276 e. The lowest BCUT2D eigenvalue weighted by Crippen LogP contribution is -2.43. The second-order valence-electron chi connectivity index (χ2n) is 6.58. The van der Waals surface area contributed by atoms with E-state index in [0.717, 1.165) is 5.75 Å². The molecule has 10 heteroatoms. The van der Waals surface area contributed by atoms with E-state index in [1.165, 1.54) is 24.3 Å². The van der Waals surface area contributed by atoms with Gasteiger partial charge in [0.1, 0.15) is 30.5 Å². The molecule has 10 nitrogen and oxygen atoms in total. The number of benzene rings is 3. The van der Waals surface area contributed by atoms with Gasteiger partial charge in [0.05, 0.1) is 4.92 Å². The Morgan fingerprint density at radius 1 is 0.727 bits per heavy atom. The van der Waals surface area contributed by atoms with Crippen molar-refractivity contribution in [2.24, 2.45) is 0 Å². The molecule has 0 spiro atoms. The van der Waals surface area contributed by atoms with Crippen LogP contribution in [0, 0.1) is 10.1 Å². The van der Waals surface area contributed by atoms with Crippen molar-refractivity contribution in [1.29, 1.82) is 0 Å². The topological polar surface area (TPSA) is 129 Å². The van der Waals surface area contributed by atoms with Crippen molar-refractivity contribution in [2.75, 3.05) is 19.8 Å². The van der Waals surface area contributed by atoms with E-state index in [-0.39, 0.29) is 18.0 Å². The highest BCUT2D eigenvalue weighted by atomic mass is 16.6. The van der Waals surface area contributed by atoms with Crippen LogP contribution in [0.25, 0.3) is 0 Å². The minimum absolute atomic E-state index is 0.0870. The highest BCUT2D eigenvalue weighted by Gasteiger charge is 2.09. The van der Waals surface area contributed by atoms with Gasteiger partial charge in [-0.3, -0.25) is 30.6 Å². The molecule has 0 aliphatic rings. The van der Waals surface area contributed by atoms with Crippen LogP contribution in [0.3, 0.4) is 0 Å². The molecule has 2 amide bonds. The first-order valence-electron chi connectivity index (χ1n) is 9.88. The Bertz CT molecular complexity index is 1070. The Balaban J connectivity index is 1.35. The van der Waals surface area contributed by atoms with Crippen LogP contribution < -0.4 is 25.1 Å². The second kappa shape index (κ2) is 11.7. The Hall–Kier alpha value is -4.60. The van der Waals surface area contributed by atoms with Crippen LogP contribution in [0.5, 0.6) is 17.2 Å². The van der Waals surface area contributed by atoms with Crippen molar-refractivity contribution in [3.63, 3.8) is 0 Å². The number of nitrogens with one attached hydrogen (secondary N) is 2. The molecule has 3 aromatic carbocycles. The number of rotatable bonds is 10. The van der Waals surface area contributed by atoms with Crippen LogP contribution in [0.2, 0.25) is 0 Å². The van der Waals surface area contributed by atoms with Gasteiger partial charge in [-0.1, -0.05) is 18.2 Å². The van der Waals surface area contributed by atoms with Crippen molar-refractivity contribution >= 4 is 17.5 Å². The van der Waals surface area contributed by atoms with Gasteiger partial charge in [-0.05, 0) is 48.5 Å². The summed E-state index contributed by atoms with van der Waals surface area (Å²) in [5, 5.41) is 10.6. The van der Waals surface area contributed by atoms with Crippen LogP contribution in [0.15, 0.2) is 78.9 Å². The minimum Gasteiger partial charge on any atom is -0.490 e. The highest BCUT2D eigenvalue weighted by Crippen LogP contribution is 2.17. The van der Waals surface area contributed by atoms with Crippen LogP contribution in [0.1, 0.15) is 10.4 Å². The van der Waals surface area contributed by atoms with Gasteiger partial charge in [0.2, 0.25) is 0 Å². The molecule has 0 atom stereocenters. The predicted molar refractivity (Wildman–Crippen MR) is 118 cm³/mol. The molecule has 0 heterocycles. The average molecular weight is 451 g/mol. The lowest BCUT2D eigenvalue weighted by Gasteiger charge is -2.10. The molecule has 2 N–H and O–H groups in total. The van der Waals surface area contributed by atoms with Crippen LogP contribution in [-0.4, -0.2) is 36.6 Å². The maximum atomic E-state index is 12.2. The van der Waals surface area contributed by atoms with Crippen molar-refractivity contribution in [1.82, 2.24) is 10.9 Å². The zero-order valence-electron chi connectivity index (χ0n) is 17.4. The standard InChI is InChI=1S/C23H21N3O7/c27-22(16-33-21-12-8-18(9-13-21)26(29)30)24-25-23(28)17-6-10-20(11-7-17)32-15-14-31-19-4-2-1-3-5-19/h1-13H,14-16H2,(H,24,27)(H,25,28). The summed E-state index contributed by atoms with van der Waals surface area (Å²) in [6.07, 6.45) is 0. The largest absolute Gasteiger partial charge is 0.490 e. The number of hydrazine groups is 1. The number of nitrogens with zero attached hydrogens (tertiary/aromatic N) is 1. The number of amides is 2. The van der Waals surface area contributed by atoms with Gasteiger partial charge in [0.25, 0.3) is 17.5 Å². The Morgan fingerprint density at radius 3 is 1.88 bits per heavy atom. The van der Waals surface area contributed by atoms with E-state index in [0.29, 0.717) is 24.5 Å². The summed E-state index contributed by atoms with van der Waals surface area (Å²) >= 11 is 0. The Morgan fingerprint density at radius 2 is 1.27 bits per heavy atom. The first-order chi connectivity index (χ1) is 16.0. The quantitative estimate of drug-likeness (QED) is 0.275. The van der Waals surface area contributed by atoms with Gasteiger partial charge < -0.3 is 14.2 Å². The SMILES string of the molecule is O=C(COc1ccc([N+](=O)[O-])cc1)NNC(=O)c1ccc(OCCOc2ccccc2)cc1. The highest BCUT2D eigenvalue weighted by molar-refractivity contribution is 5.95. The fourth-order valence-electron chi connectivity index (χ4n) is 2.59. The van der Waals surface area contributed by atoms with Gasteiger partial charge in [-0.15, -0.1) is 0 Å². The summed E-state index contributed by atoms with van der Waals surface area (Å²) in [5.41, 5.74) is 4.75. The van der Waals surface area contributed by atoms with Crippen LogP contribution >= 0.6 is 0 Å². The summed E-state index contributed by atoms with van der Waals surface area (Å²) in [6.45, 7) is 0.335. The molecule has 0 fully saturated rings. The number of para-hydroxylation sites is 1. The molecule has 0 saturated carbocycles. The van der Waals surface area contributed by atoms with Gasteiger partial charge in [0, 0.05) is 17.7 Å². The zero-order chi connectivity index (χ0) is 23.5. The van der Waals surface area contributed by atoms with Crippen molar-refractivity contribution in [3.05, 3.63) is 94.5 Å². The number of carbonyl (C=O) groups excluding carboxylic acids is 2. The smallest absolute Gasteiger partial charge is 0.276 e. The molecule has 0 radical (unpaired) electrons. The Kier molecular flexibility index (Phi) is 8.18. The molecule has 170 valence electrons. The van der Waals surface area contributed by atoms with Crippen LogP contribution in [0.4, 0.5) is 5.69 Å². The second-order valence-corrected chi connectivity index (χ2v) is 6.58. The van der Waals surface area contributed by atoms with E-state index in [1.807, 2.05) is 30.3 Å². The zero-order valence-corrected chi connectivity index (χ0v) is 17.4. The van der Waals surface area contributed by atoms with Crippen molar-refractivity contribution in [3.8, 4) is 17.2 Å². The third-order valence-electron chi connectivity index (χ3n) is 4.21. The normalized spacial score (nSPS) is 10.1. The summed E-state index contributed by atoms with van der Waals surface area (Å²) in [5.74, 6) is 0.501. The fraction of sp³-hybridized carbons (Fsp3) is 0.130.